The number of nitrogens with zero attached hydrogens (tertiary/aromatic N) is 3. The van der Waals surface area contributed by atoms with E-state index < -0.39 is 0 Å². The van der Waals surface area contributed by atoms with E-state index in [2.05, 4.69) is 32.8 Å². The monoisotopic (exact) mass is 324 g/mol. The highest BCUT2D eigenvalue weighted by Crippen LogP contribution is 2.31. The molecule has 24 heavy (non-hydrogen) atoms. The van der Waals surface area contributed by atoms with Crippen LogP contribution in [0.5, 0.6) is 0 Å². The number of rotatable bonds is 2. The number of para-hydroxylation sites is 1. The van der Waals surface area contributed by atoms with Crippen LogP contribution in [0, 0.1) is 5.92 Å². The van der Waals surface area contributed by atoms with Gasteiger partial charge < -0.3 is 9.88 Å². The standard InChI is InChI=1S/C19H24N4O/c1-14-8-10-22(12-18(14)23-11-9-20-13-23)17-7-6-15-4-2-3-5-16(15)21-19(17)24/h2-5,9,11,13-14,17-18H,6-8,10,12H2,1H3,(H,21,24)/t14-,17-,18-/m1/s1. The average Bonchev–Trinajstić information content (AvgIpc) is 3.06. The molecule has 0 unspecified atom stereocenters. The van der Waals surface area contributed by atoms with E-state index in [4.69, 9.17) is 0 Å². The van der Waals surface area contributed by atoms with Crippen LogP contribution >= 0.6 is 0 Å². The molecule has 5 heteroatoms. The fourth-order valence-electron chi connectivity index (χ4n) is 4.06. The molecule has 2 aromatic rings. The van der Waals surface area contributed by atoms with Crippen molar-refractivity contribution in [2.24, 2.45) is 5.92 Å². The third-order valence-corrected chi connectivity index (χ3v) is 5.56. The molecule has 3 atom stereocenters. The molecule has 0 radical (unpaired) electrons. The normalized spacial score (nSPS) is 28.0. The minimum absolute atomic E-state index is 0.0454. The summed E-state index contributed by atoms with van der Waals surface area (Å²) in [5, 5.41) is 3.13. The second-order valence-electron chi connectivity index (χ2n) is 7.04. The summed E-state index contributed by atoms with van der Waals surface area (Å²) < 4.78 is 2.19. The van der Waals surface area contributed by atoms with E-state index in [1.807, 2.05) is 36.9 Å². The van der Waals surface area contributed by atoms with E-state index >= 15 is 0 Å². The van der Waals surface area contributed by atoms with E-state index in [1.165, 1.54) is 5.56 Å². The number of likely N-dealkylation sites (tertiary alicyclic amines) is 1. The maximum Gasteiger partial charge on any atom is 0.241 e. The second kappa shape index (κ2) is 6.40. The van der Waals surface area contributed by atoms with Crippen molar-refractivity contribution in [1.29, 1.82) is 0 Å². The molecule has 126 valence electrons. The van der Waals surface area contributed by atoms with Gasteiger partial charge in [0.15, 0.2) is 0 Å². The first kappa shape index (κ1) is 15.4. The molecule has 2 aliphatic heterocycles. The summed E-state index contributed by atoms with van der Waals surface area (Å²) in [6.07, 6.45) is 8.71. The number of anilines is 1. The number of hydrogen-bond donors (Lipinski definition) is 1. The van der Waals surface area contributed by atoms with Crippen LogP contribution in [-0.2, 0) is 11.2 Å². The van der Waals surface area contributed by atoms with Crippen molar-refractivity contribution in [3.05, 3.63) is 48.5 Å². The molecule has 0 bridgehead atoms. The van der Waals surface area contributed by atoms with Crippen molar-refractivity contribution in [3.8, 4) is 0 Å². The summed E-state index contributed by atoms with van der Waals surface area (Å²) in [5.74, 6) is 0.736. The molecule has 1 N–H and O–H groups in total. The van der Waals surface area contributed by atoms with Crippen molar-refractivity contribution in [2.45, 2.75) is 38.3 Å². The van der Waals surface area contributed by atoms with E-state index in [1.54, 1.807) is 0 Å². The van der Waals surface area contributed by atoms with Crippen LogP contribution in [0.3, 0.4) is 0 Å². The number of imidazole rings is 1. The van der Waals surface area contributed by atoms with Crippen molar-refractivity contribution < 1.29 is 4.79 Å². The maximum atomic E-state index is 12.8. The van der Waals surface area contributed by atoms with Crippen molar-refractivity contribution in [3.63, 3.8) is 0 Å². The van der Waals surface area contributed by atoms with Gasteiger partial charge in [-0.3, -0.25) is 9.69 Å². The lowest BCUT2D eigenvalue weighted by Crippen LogP contribution is -2.50. The third-order valence-electron chi connectivity index (χ3n) is 5.56. The topological polar surface area (TPSA) is 50.2 Å². The Hall–Kier alpha value is -2.14. The Balaban J connectivity index is 1.52. The van der Waals surface area contributed by atoms with Gasteiger partial charge in [-0.2, -0.15) is 0 Å². The first-order chi connectivity index (χ1) is 11.7. The molecule has 3 heterocycles. The predicted molar refractivity (Wildman–Crippen MR) is 93.8 cm³/mol. The molecular formula is C19H24N4O. The van der Waals surface area contributed by atoms with Gasteiger partial charge in [0.1, 0.15) is 0 Å². The van der Waals surface area contributed by atoms with Crippen LogP contribution in [0.25, 0.3) is 0 Å². The Morgan fingerprint density at radius 2 is 2.12 bits per heavy atom. The van der Waals surface area contributed by atoms with Gasteiger partial charge >= 0.3 is 0 Å². The third kappa shape index (κ3) is 2.84. The molecule has 1 saturated heterocycles. The number of nitrogens with one attached hydrogen (secondary N) is 1. The van der Waals surface area contributed by atoms with Crippen molar-refractivity contribution >= 4 is 11.6 Å². The summed E-state index contributed by atoms with van der Waals surface area (Å²) in [6, 6.07) is 8.49. The van der Waals surface area contributed by atoms with Crippen molar-refractivity contribution in [2.75, 3.05) is 18.4 Å². The highest BCUT2D eigenvalue weighted by Gasteiger charge is 2.35. The SMILES string of the molecule is C[C@@H]1CCN([C@@H]2CCc3ccccc3NC2=O)C[C@H]1n1ccnc1. The zero-order valence-electron chi connectivity index (χ0n) is 14.1. The summed E-state index contributed by atoms with van der Waals surface area (Å²) in [6.45, 7) is 4.19. The zero-order valence-corrected chi connectivity index (χ0v) is 14.1. The summed E-state index contributed by atoms with van der Waals surface area (Å²) in [5.41, 5.74) is 2.21. The smallest absolute Gasteiger partial charge is 0.241 e. The number of aromatic nitrogens is 2. The van der Waals surface area contributed by atoms with Crippen LogP contribution in [0.2, 0.25) is 0 Å². The molecule has 0 aliphatic carbocycles. The number of aryl methyl sites for hydroxylation is 1. The van der Waals surface area contributed by atoms with Crippen LogP contribution in [-0.4, -0.2) is 39.5 Å². The van der Waals surface area contributed by atoms with Gasteiger partial charge in [0.2, 0.25) is 5.91 Å². The van der Waals surface area contributed by atoms with Crippen LogP contribution in [0.4, 0.5) is 5.69 Å². The molecule has 0 saturated carbocycles. The number of carbonyl (C=O) groups excluding carboxylic acids is 1. The number of piperidine rings is 1. The molecule has 1 fully saturated rings. The molecule has 0 spiro atoms. The van der Waals surface area contributed by atoms with Gasteiger partial charge in [0, 0.05) is 30.7 Å². The van der Waals surface area contributed by atoms with E-state index in [0.29, 0.717) is 12.0 Å². The average molecular weight is 324 g/mol. The van der Waals surface area contributed by atoms with Crippen LogP contribution in [0.15, 0.2) is 43.0 Å². The van der Waals surface area contributed by atoms with Crippen molar-refractivity contribution in [1.82, 2.24) is 14.5 Å². The Morgan fingerprint density at radius 1 is 1.25 bits per heavy atom. The second-order valence-corrected chi connectivity index (χ2v) is 7.04. The zero-order chi connectivity index (χ0) is 16.5. The highest BCUT2D eigenvalue weighted by molar-refractivity contribution is 5.96. The maximum absolute atomic E-state index is 12.8. The Kier molecular flexibility index (Phi) is 4.10. The number of benzene rings is 1. The summed E-state index contributed by atoms with van der Waals surface area (Å²) in [7, 11) is 0. The molecule has 1 aromatic heterocycles. The number of fused-ring (bicyclic) bond motifs is 1. The van der Waals surface area contributed by atoms with Gasteiger partial charge in [-0.15, -0.1) is 0 Å². The molecule has 1 aromatic carbocycles. The van der Waals surface area contributed by atoms with Gasteiger partial charge in [-0.25, -0.2) is 4.98 Å². The minimum Gasteiger partial charge on any atom is -0.333 e. The summed E-state index contributed by atoms with van der Waals surface area (Å²) >= 11 is 0. The first-order valence-corrected chi connectivity index (χ1v) is 8.82. The van der Waals surface area contributed by atoms with E-state index in [0.717, 1.165) is 38.0 Å². The van der Waals surface area contributed by atoms with Gasteiger partial charge in [-0.05, 0) is 43.4 Å². The predicted octanol–water partition coefficient (Wildman–Crippen LogP) is 2.72. The number of hydrogen-bond acceptors (Lipinski definition) is 3. The Labute approximate surface area is 142 Å². The quantitative estimate of drug-likeness (QED) is 0.924. The lowest BCUT2D eigenvalue weighted by Gasteiger charge is -2.40. The lowest BCUT2D eigenvalue weighted by atomic mass is 9.91. The summed E-state index contributed by atoms with van der Waals surface area (Å²) in [4.78, 5) is 19.3. The largest absolute Gasteiger partial charge is 0.333 e. The highest BCUT2D eigenvalue weighted by atomic mass is 16.2. The Bertz CT molecular complexity index is 712. The van der Waals surface area contributed by atoms with E-state index in [-0.39, 0.29) is 11.9 Å². The first-order valence-electron chi connectivity index (χ1n) is 8.82. The van der Waals surface area contributed by atoms with Gasteiger partial charge in [-0.1, -0.05) is 25.1 Å². The van der Waals surface area contributed by atoms with Gasteiger partial charge in [0.25, 0.3) is 0 Å². The fourth-order valence-corrected chi connectivity index (χ4v) is 4.06. The molecule has 2 aliphatic rings. The lowest BCUT2D eigenvalue weighted by molar-refractivity contribution is -0.122. The fraction of sp³-hybridized carbons (Fsp3) is 0.474. The van der Waals surface area contributed by atoms with E-state index in [9.17, 15) is 4.79 Å². The molecule has 5 nitrogen and oxygen atoms in total. The van der Waals surface area contributed by atoms with Gasteiger partial charge in [0.05, 0.1) is 12.4 Å². The molecule has 1 amide bonds. The minimum atomic E-state index is -0.0454. The molecule has 4 rings (SSSR count). The number of carbonyl (C=O) groups is 1. The molecular weight excluding hydrogens is 300 g/mol. The van der Waals surface area contributed by atoms with Crippen LogP contribution < -0.4 is 5.32 Å². The van der Waals surface area contributed by atoms with Crippen LogP contribution in [0.1, 0.15) is 31.4 Å². The number of amides is 1. The Morgan fingerprint density at radius 3 is 2.96 bits per heavy atom.